The quantitative estimate of drug-likeness (QED) is 0.547. The van der Waals surface area contributed by atoms with Crippen LogP contribution in [0.15, 0.2) is 0 Å². The van der Waals surface area contributed by atoms with Gasteiger partial charge < -0.3 is 5.32 Å². The van der Waals surface area contributed by atoms with Gasteiger partial charge >= 0.3 is 0 Å². The average Bonchev–Trinajstić information content (AvgIpc) is 2.23. The molecule has 1 saturated carbocycles. The number of hydrogen-bond acceptors (Lipinski definition) is 1. The Balaban J connectivity index is 0.000000405. The summed E-state index contributed by atoms with van der Waals surface area (Å²) in [5.74, 6) is 2.04. The minimum absolute atomic E-state index is 0. The predicted octanol–water partition coefficient (Wildman–Crippen LogP) is 1.43. The van der Waals surface area contributed by atoms with Crippen molar-refractivity contribution in [3.63, 3.8) is 0 Å². The molecule has 0 unspecified atom stereocenters. The van der Waals surface area contributed by atoms with Crippen molar-refractivity contribution in [2.75, 3.05) is 6.54 Å². The number of nitrogens with one attached hydrogen (secondary N) is 1. The zero-order valence-corrected chi connectivity index (χ0v) is 6.58. The molecule has 2 rings (SSSR count). The standard InChI is InChI=1S/C7H13N.ClH/c1-5-2-7-3-6(5)4-8-7;/h5-8H,2-4H2,1H3;1H/t5-,6+,7-;/m1./s1. The molecule has 0 aromatic heterocycles. The third kappa shape index (κ3) is 1.08. The summed E-state index contributed by atoms with van der Waals surface area (Å²) in [6, 6.07) is 0.898. The Morgan fingerprint density at radius 2 is 2.11 bits per heavy atom. The normalized spacial score (nSPS) is 47.0. The van der Waals surface area contributed by atoms with Crippen LogP contribution in [-0.2, 0) is 0 Å². The molecule has 1 saturated heterocycles. The number of hydrogen-bond donors (Lipinski definition) is 1. The molecule has 2 heteroatoms. The second-order valence-electron chi connectivity index (χ2n) is 3.31. The number of rotatable bonds is 0. The van der Waals surface area contributed by atoms with Gasteiger partial charge in [-0.3, -0.25) is 0 Å². The van der Waals surface area contributed by atoms with E-state index in [0.29, 0.717) is 0 Å². The summed E-state index contributed by atoms with van der Waals surface area (Å²) in [4.78, 5) is 0. The fourth-order valence-corrected chi connectivity index (χ4v) is 2.10. The van der Waals surface area contributed by atoms with Gasteiger partial charge in [0.05, 0.1) is 0 Å². The molecule has 9 heavy (non-hydrogen) atoms. The maximum atomic E-state index is 3.49. The Labute approximate surface area is 62.6 Å². The Hall–Kier alpha value is 0.250. The van der Waals surface area contributed by atoms with Gasteiger partial charge in [0.15, 0.2) is 0 Å². The maximum absolute atomic E-state index is 3.49. The van der Waals surface area contributed by atoms with Crippen LogP contribution in [0.5, 0.6) is 0 Å². The molecule has 2 bridgehead atoms. The summed E-state index contributed by atoms with van der Waals surface area (Å²) < 4.78 is 0. The van der Waals surface area contributed by atoms with Crippen LogP contribution >= 0.6 is 12.4 Å². The van der Waals surface area contributed by atoms with E-state index in [0.717, 1.165) is 17.9 Å². The highest BCUT2D eigenvalue weighted by atomic mass is 35.5. The van der Waals surface area contributed by atoms with E-state index < -0.39 is 0 Å². The molecule has 54 valence electrons. The van der Waals surface area contributed by atoms with Gasteiger partial charge in [-0.1, -0.05) is 6.92 Å². The van der Waals surface area contributed by atoms with Crippen LogP contribution in [0.1, 0.15) is 19.8 Å². The lowest BCUT2D eigenvalue weighted by atomic mass is 9.98. The third-order valence-electron chi connectivity index (χ3n) is 2.72. The van der Waals surface area contributed by atoms with Gasteiger partial charge in [-0.25, -0.2) is 0 Å². The largest absolute Gasteiger partial charge is 0.314 e. The lowest BCUT2D eigenvalue weighted by Crippen LogP contribution is -2.28. The third-order valence-corrected chi connectivity index (χ3v) is 2.72. The molecule has 2 aliphatic rings. The molecule has 0 aromatic carbocycles. The van der Waals surface area contributed by atoms with Crippen molar-refractivity contribution in [3.05, 3.63) is 0 Å². The smallest absolute Gasteiger partial charge is 0.00730 e. The molecule has 1 heterocycles. The summed E-state index contributed by atoms with van der Waals surface area (Å²) in [5.41, 5.74) is 0. The Morgan fingerprint density at radius 3 is 2.33 bits per heavy atom. The van der Waals surface area contributed by atoms with Crippen LogP contribution < -0.4 is 5.32 Å². The van der Waals surface area contributed by atoms with Crippen molar-refractivity contribution < 1.29 is 0 Å². The summed E-state index contributed by atoms with van der Waals surface area (Å²) in [7, 11) is 0. The van der Waals surface area contributed by atoms with Crippen molar-refractivity contribution in [2.45, 2.75) is 25.8 Å². The number of halogens is 1. The van der Waals surface area contributed by atoms with Gasteiger partial charge in [0.25, 0.3) is 0 Å². The molecule has 0 aromatic rings. The van der Waals surface area contributed by atoms with E-state index in [2.05, 4.69) is 12.2 Å². The van der Waals surface area contributed by atoms with Gasteiger partial charge in [-0.2, -0.15) is 0 Å². The highest BCUT2D eigenvalue weighted by molar-refractivity contribution is 5.85. The fraction of sp³-hybridized carbons (Fsp3) is 1.00. The van der Waals surface area contributed by atoms with E-state index in [1.807, 2.05) is 0 Å². The van der Waals surface area contributed by atoms with Crippen LogP contribution in [0, 0.1) is 11.8 Å². The first-order valence-corrected chi connectivity index (χ1v) is 3.59. The predicted molar refractivity (Wildman–Crippen MR) is 40.9 cm³/mol. The topological polar surface area (TPSA) is 12.0 Å². The van der Waals surface area contributed by atoms with Gasteiger partial charge in [0, 0.05) is 6.04 Å². The van der Waals surface area contributed by atoms with Crippen LogP contribution in [0.3, 0.4) is 0 Å². The summed E-state index contributed by atoms with van der Waals surface area (Å²) in [5, 5.41) is 3.49. The zero-order chi connectivity index (χ0) is 5.56. The van der Waals surface area contributed by atoms with Gasteiger partial charge in [0.1, 0.15) is 0 Å². The molecule has 3 atom stereocenters. The van der Waals surface area contributed by atoms with Crippen LogP contribution in [-0.4, -0.2) is 12.6 Å². The van der Waals surface area contributed by atoms with Crippen LogP contribution in [0.2, 0.25) is 0 Å². The summed E-state index contributed by atoms with van der Waals surface area (Å²) in [6.45, 7) is 3.68. The van der Waals surface area contributed by atoms with Crippen LogP contribution in [0.25, 0.3) is 0 Å². The maximum Gasteiger partial charge on any atom is 0.00730 e. The Morgan fingerprint density at radius 1 is 1.33 bits per heavy atom. The van der Waals surface area contributed by atoms with E-state index in [9.17, 15) is 0 Å². The van der Waals surface area contributed by atoms with E-state index in [1.165, 1.54) is 19.4 Å². The molecule has 0 amide bonds. The lowest BCUT2D eigenvalue weighted by molar-refractivity contribution is 0.379. The lowest BCUT2D eigenvalue weighted by Gasteiger charge is -2.16. The van der Waals surface area contributed by atoms with E-state index in [1.54, 1.807) is 0 Å². The Bertz CT molecular complexity index is 103. The first kappa shape index (κ1) is 7.36. The minimum atomic E-state index is 0. The van der Waals surface area contributed by atoms with Crippen LogP contribution in [0.4, 0.5) is 0 Å². The highest BCUT2D eigenvalue weighted by Gasteiger charge is 2.36. The van der Waals surface area contributed by atoms with Crippen molar-refractivity contribution in [2.24, 2.45) is 11.8 Å². The average molecular weight is 148 g/mol. The zero-order valence-electron chi connectivity index (χ0n) is 5.76. The van der Waals surface area contributed by atoms with E-state index in [-0.39, 0.29) is 12.4 Å². The molecule has 1 aliphatic heterocycles. The fourth-order valence-electron chi connectivity index (χ4n) is 2.10. The first-order chi connectivity index (χ1) is 3.86. The van der Waals surface area contributed by atoms with Gasteiger partial charge in [-0.05, 0) is 31.2 Å². The van der Waals surface area contributed by atoms with Gasteiger partial charge in [-0.15, -0.1) is 12.4 Å². The molecule has 1 aliphatic carbocycles. The van der Waals surface area contributed by atoms with Crippen molar-refractivity contribution in [1.29, 1.82) is 0 Å². The molecule has 1 N–H and O–H groups in total. The second-order valence-corrected chi connectivity index (χ2v) is 3.31. The second kappa shape index (κ2) is 2.47. The molecular formula is C7H14ClN. The molecule has 1 nitrogen and oxygen atoms in total. The van der Waals surface area contributed by atoms with Crippen molar-refractivity contribution >= 4 is 12.4 Å². The molecule has 2 fully saturated rings. The minimum Gasteiger partial charge on any atom is -0.314 e. The molecule has 0 spiro atoms. The van der Waals surface area contributed by atoms with E-state index in [4.69, 9.17) is 0 Å². The number of fused-ring (bicyclic) bond motifs is 2. The van der Waals surface area contributed by atoms with Crippen molar-refractivity contribution in [3.8, 4) is 0 Å². The Kier molecular flexibility index (Phi) is 2.02. The van der Waals surface area contributed by atoms with Crippen molar-refractivity contribution in [1.82, 2.24) is 5.32 Å². The first-order valence-electron chi connectivity index (χ1n) is 3.59. The summed E-state index contributed by atoms with van der Waals surface area (Å²) >= 11 is 0. The molecular weight excluding hydrogens is 134 g/mol. The summed E-state index contributed by atoms with van der Waals surface area (Å²) in [6.07, 6.45) is 2.89. The SMILES string of the molecule is C[C@@H]1C[C@@H]2C[C@H]1CN2.Cl. The van der Waals surface area contributed by atoms with Gasteiger partial charge in [0.2, 0.25) is 0 Å². The highest BCUT2D eigenvalue weighted by Crippen LogP contribution is 2.35. The molecule has 0 radical (unpaired) electrons. The monoisotopic (exact) mass is 147 g/mol. The van der Waals surface area contributed by atoms with E-state index >= 15 is 0 Å². The number of piperidine rings is 1.